The topological polar surface area (TPSA) is 123 Å². The van der Waals surface area contributed by atoms with Crippen molar-refractivity contribution in [3.8, 4) is 11.3 Å². The minimum Gasteiger partial charge on any atom is -0.456 e. The first-order chi connectivity index (χ1) is 16.6. The van der Waals surface area contributed by atoms with Crippen molar-refractivity contribution in [3.63, 3.8) is 0 Å². The van der Waals surface area contributed by atoms with Crippen LogP contribution in [0.5, 0.6) is 0 Å². The Hall–Kier alpha value is -3.12. The summed E-state index contributed by atoms with van der Waals surface area (Å²) in [6.45, 7) is -0.490. The average Bonchev–Trinajstić information content (AvgIpc) is 3.36. The van der Waals surface area contributed by atoms with Crippen LogP contribution in [0, 0.1) is 10.1 Å². The van der Waals surface area contributed by atoms with Crippen LogP contribution in [0.3, 0.4) is 0 Å². The number of benzene rings is 2. The molecule has 178 valence electrons. The van der Waals surface area contributed by atoms with Gasteiger partial charge >= 0.3 is 0 Å². The third-order valence-electron chi connectivity index (χ3n) is 4.70. The zero-order chi connectivity index (χ0) is 25.3. The number of rotatable bonds is 6. The molecule has 0 radical (unpaired) electrons. The van der Waals surface area contributed by atoms with Crippen molar-refractivity contribution in [2.24, 2.45) is 0 Å². The van der Waals surface area contributed by atoms with Gasteiger partial charge in [0.05, 0.1) is 20.4 Å². The monoisotopic (exact) mass is 595 g/mol. The molecule has 1 aromatic heterocycles. The number of nitrogens with zero attached hydrogens (tertiary/aromatic N) is 2. The van der Waals surface area contributed by atoms with Crippen LogP contribution in [0.4, 0.5) is 16.2 Å². The normalized spacial score (nSPS) is 14.6. The Balaban J connectivity index is 1.49. The highest BCUT2D eigenvalue weighted by Crippen LogP contribution is 2.36. The molecule has 0 aliphatic carbocycles. The number of imide groups is 1. The van der Waals surface area contributed by atoms with E-state index in [4.69, 9.17) is 27.6 Å². The predicted molar refractivity (Wildman–Crippen MR) is 136 cm³/mol. The summed E-state index contributed by atoms with van der Waals surface area (Å²) in [7, 11) is 0. The summed E-state index contributed by atoms with van der Waals surface area (Å²) in [5.74, 6) is -0.864. The lowest BCUT2D eigenvalue weighted by molar-refractivity contribution is -0.384. The molecular weight excluding hydrogens is 585 g/mol. The fourth-order valence-electron chi connectivity index (χ4n) is 3.12. The van der Waals surface area contributed by atoms with Crippen molar-refractivity contribution in [1.29, 1.82) is 0 Å². The standard InChI is InChI=1S/C22H12BrCl2N3O6S/c23-15-5-2-12(8-16(15)25)26-20(29)10-27-21(30)19(35-22(27)31)9-13-3-6-18(34-13)14-4-1-11(24)7-17(14)28(32)33/h1-9H,10H2,(H,26,29)/b19-9+. The van der Waals surface area contributed by atoms with Gasteiger partial charge in [-0.05, 0) is 70.2 Å². The van der Waals surface area contributed by atoms with Gasteiger partial charge in [0.15, 0.2) is 0 Å². The fourth-order valence-corrected chi connectivity index (χ4v) is 4.53. The number of hydrogen-bond donors (Lipinski definition) is 1. The van der Waals surface area contributed by atoms with E-state index in [2.05, 4.69) is 21.2 Å². The highest BCUT2D eigenvalue weighted by Gasteiger charge is 2.36. The van der Waals surface area contributed by atoms with Crippen LogP contribution in [-0.4, -0.2) is 33.4 Å². The van der Waals surface area contributed by atoms with Gasteiger partial charge in [-0.2, -0.15) is 0 Å². The number of halogens is 3. The second kappa shape index (κ2) is 10.2. The number of nitro groups is 1. The number of anilines is 1. The van der Waals surface area contributed by atoms with Crippen LogP contribution in [-0.2, 0) is 9.59 Å². The number of furan rings is 1. The zero-order valence-electron chi connectivity index (χ0n) is 17.3. The summed E-state index contributed by atoms with van der Waals surface area (Å²) >= 11 is 15.8. The van der Waals surface area contributed by atoms with Crippen LogP contribution in [0.25, 0.3) is 17.4 Å². The number of hydrogen-bond acceptors (Lipinski definition) is 7. The number of carbonyl (C=O) groups is 3. The molecule has 35 heavy (non-hydrogen) atoms. The largest absolute Gasteiger partial charge is 0.456 e. The SMILES string of the molecule is O=C(CN1C(=O)S/C(=C/c2ccc(-c3ccc(Cl)cc3[N+](=O)[O-])o2)C1=O)Nc1ccc(Br)c(Cl)c1. The zero-order valence-corrected chi connectivity index (χ0v) is 21.2. The van der Waals surface area contributed by atoms with Crippen LogP contribution in [0.1, 0.15) is 5.76 Å². The van der Waals surface area contributed by atoms with E-state index in [0.717, 1.165) is 4.90 Å². The minimum atomic E-state index is -0.667. The van der Waals surface area contributed by atoms with Gasteiger partial charge in [0.1, 0.15) is 18.1 Å². The van der Waals surface area contributed by atoms with Gasteiger partial charge in [-0.15, -0.1) is 0 Å². The maximum Gasteiger partial charge on any atom is 0.294 e. The van der Waals surface area contributed by atoms with Crippen molar-refractivity contribution < 1.29 is 23.7 Å². The van der Waals surface area contributed by atoms with Gasteiger partial charge in [-0.25, -0.2) is 0 Å². The lowest BCUT2D eigenvalue weighted by Crippen LogP contribution is -2.36. The fraction of sp³-hybridized carbons (Fsp3) is 0.0455. The van der Waals surface area contributed by atoms with Gasteiger partial charge in [-0.3, -0.25) is 29.4 Å². The number of amides is 3. The number of thioether (sulfide) groups is 1. The van der Waals surface area contributed by atoms with Crippen molar-refractivity contribution >= 4 is 85.4 Å². The van der Waals surface area contributed by atoms with E-state index in [9.17, 15) is 24.5 Å². The van der Waals surface area contributed by atoms with Crippen LogP contribution in [0.2, 0.25) is 10.0 Å². The first kappa shape index (κ1) is 25.0. The Morgan fingerprint density at radius 1 is 1.17 bits per heavy atom. The Morgan fingerprint density at radius 3 is 2.66 bits per heavy atom. The van der Waals surface area contributed by atoms with Crippen molar-refractivity contribution in [2.45, 2.75) is 0 Å². The molecule has 3 amide bonds. The smallest absolute Gasteiger partial charge is 0.294 e. The molecule has 3 aromatic rings. The van der Waals surface area contributed by atoms with Gasteiger partial charge in [0.25, 0.3) is 16.8 Å². The van der Waals surface area contributed by atoms with Crippen molar-refractivity contribution in [3.05, 3.63) is 83.8 Å². The number of nitrogens with one attached hydrogen (secondary N) is 1. The molecule has 0 spiro atoms. The van der Waals surface area contributed by atoms with Gasteiger partial charge in [-0.1, -0.05) is 23.2 Å². The Bertz CT molecular complexity index is 1420. The Kier molecular flexibility index (Phi) is 7.31. The highest BCUT2D eigenvalue weighted by molar-refractivity contribution is 9.10. The molecule has 2 heterocycles. The summed E-state index contributed by atoms with van der Waals surface area (Å²) in [5, 5.41) is 13.9. The summed E-state index contributed by atoms with van der Waals surface area (Å²) in [5.41, 5.74) is 0.374. The first-order valence-corrected chi connectivity index (χ1v) is 12.0. The van der Waals surface area contributed by atoms with Crippen molar-refractivity contribution in [2.75, 3.05) is 11.9 Å². The minimum absolute atomic E-state index is 0.0426. The summed E-state index contributed by atoms with van der Waals surface area (Å²) in [6.07, 6.45) is 1.34. The number of nitro benzene ring substituents is 1. The number of carbonyl (C=O) groups excluding carboxylic acids is 3. The van der Waals surface area contributed by atoms with E-state index in [1.165, 1.54) is 42.5 Å². The van der Waals surface area contributed by atoms with Crippen LogP contribution < -0.4 is 5.32 Å². The van der Waals surface area contributed by atoms with Crippen LogP contribution >= 0.6 is 50.9 Å². The lowest BCUT2D eigenvalue weighted by atomic mass is 10.1. The molecular formula is C22H12BrCl2N3O6S. The summed E-state index contributed by atoms with van der Waals surface area (Å²) < 4.78 is 6.30. The van der Waals surface area contributed by atoms with E-state index < -0.39 is 28.5 Å². The van der Waals surface area contributed by atoms with Crippen molar-refractivity contribution in [1.82, 2.24) is 4.90 Å². The van der Waals surface area contributed by atoms with Gasteiger partial charge in [0.2, 0.25) is 5.91 Å². The lowest BCUT2D eigenvalue weighted by Gasteiger charge is -2.12. The molecule has 1 N–H and O–H groups in total. The van der Waals surface area contributed by atoms with E-state index in [0.29, 0.717) is 26.9 Å². The summed E-state index contributed by atoms with van der Waals surface area (Å²) in [6, 6.07) is 11.9. The quantitative estimate of drug-likeness (QED) is 0.193. The van der Waals surface area contributed by atoms with E-state index in [1.807, 2.05) is 0 Å². The maximum absolute atomic E-state index is 12.7. The predicted octanol–water partition coefficient (Wildman–Crippen LogP) is 6.60. The Labute approximate surface area is 220 Å². The average molecular weight is 597 g/mol. The van der Waals surface area contributed by atoms with E-state index in [1.54, 1.807) is 12.1 Å². The molecule has 13 heteroatoms. The summed E-state index contributed by atoms with van der Waals surface area (Å²) in [4.78, 5) is 49.1. The third kappa shape index (κ3) is 5.59. The van der Waals surface area contributed by atoms with Crippen LogP contribution in [0.15, 0.2) is 62.3 Å². The van der Waals surface area contributed by atoms with Gasteiger partial charge < -0.3 is 9.73 Å². The molecule has 1 fully saturated rings. The molecule has 0 saturated carbocycles. The Morgan fingerprint density at radius 2 is 1.94 bits per heavy atom. The van der Waals surface area contributed by atoms with Gasteiger partial charge in [0, 0.05) is 27.3 Å². The molecule has 1 saturated heterocycles. The molecule has 9 nitrogen and oxygen atoms in total. The first-order valence-electron chi connectivity index (χ1n) is 9.67. The highest BCUT2D eigenvalue weighted by atomic mass is 79.9. The molecule has 4 rings (SSSR count). The second-order valence-corrected chi connectivity index (χ2v) is 9.76. The molecule has 0 atom stereocenters. The maximum atomic E-state index is 12.7. The molecule has 1 aliphatic rings. The molecule has 0 unspecified atom stereocenters. The molecule has 1 aliphatic heterocycles. The third-order valence-corrected chi connectivity index (χ3v) is 7.08. The molecule has 2 aromatic carbocycles. The molecule has 0 bridgehead atoms. The van der Waals surface area contributed by atoms with E-state index in [-0.39, 0.29) is 32.7 Å². The van der Waals surface area contributed by atoms with E-state index >= 15 is 0 Å². The second-order valence-electron chi connectivity index (χ2n) is 7.07.